The van der Waals surface area contributed by atoms with Crippen molar-refractivity contribution in [1.82, 2.24) is 15.0 Å². The van der Waals surface area contributed by atoms with Gasteiger partial charge in [-0.05, 0) is 56.6 Å². The van der Waals surface area contributed by atoms with Crippen molar-refractivity contribution in [3.8, 4) is 0 Å². The summed E-state index contributed by atoms with van der Waals surface area (Å²) >= 11 is 4.52. The van der Waals surface area contributed by atoms with Gasteiger partial charge in [0.05, 0.1) is 23.4 Å². The lowest BCUT2D eigenvalue weighted by Gasteiger charge is -2.45. The number of pyridine rings is 1. The van der Waals surface area contributed by atoms with E-state index in [9.17, 15) is 18.0 Å². The molecule has 1 aliphatic carbocycles. The average molecular weight is 532 g/mol. The number of alkyl halides is 3. The number of aromatic nitrogens is 3. The number of carbonyl (C=O) groups excluding carboxylic acids is 1. The Morgan fingerprint density at radius 2 is 1.84 bits per heavy atom. The van der Waals surface area contributed by atoms with E-state index in [1.807, 2.05) is 26.0 Å². The van der Waals surface area contributed by atoms with Gasteiger partial charge in [-0.3, -0.25) is 0 Å². The normalized spacial score (nSPS) is 23.7. The predicted octanol–water partition coefficient (Wildman–Crippen LogP) is 6.92. The lowest BCUT2D eigenvalue weighted by atomic mass is 9.61. The van der Waals surface area contributed by atoms with E-state index in [0.717, 1.165) is 30.5 Å². The average Bonchev–Trinajstić information content (AvgIpc) is 2.81. The Kier molecular flexibility index (Phi) is 7.93. The zero-order chi connectivity index (χ0) is 27.1. The number of amides is 1. The Balaban J connectivity index is 1.75. The summed E-state index contributed by atoms with van der Waals surface area (Å²) in [6.45, 7) is 11.6. The first-order chi connectivity index (χ1) is 17.5. The van der Waals surface area contributed by atoms with E-state index in [1.54, 1.807) is 6.20 Å². The van der Waals surface area contributed by atoms with Gasteiger partial charge < -0.3 is 0 Å². The highest BCUT2D eigenvalue weighted by molar-refractivity contribution is 7.80. The maximum Gasteiger partial charge on any atom is 0.416 e. The van der Waals surface area contributed by atoms with E-state index < -0.39 is 18.0 Å². The van der Waals surface area contributed by atoms with Gasteiger partial charge in [0, 0.05) is 27.7 Å². The van der Waals surface area contributed by atoms with Gasteiger partial charge in [-0.2, -0.15) is 13.2 Å². The Morgan fingerprint density at radius 1 is 1.14 bits per heavy atom. The highest BCUT2D eigenvalue weighted by Crippen LogP contribution is 2.56. The number of hydrogen-bond donors (Lipinski definition) is 1. The van der Waals surface area contributed by atoms with E-state index in [2.05, 4.69) is 38.2 Å². The van der Waals surface area contributed by atoms with E-state index >= 15 is 0 Å². The maximum atomic E-state index is 13.6. The number of fused-ring (bicyclic) bond motifs is 1. The molecule has 37 heavy (non-hydrogen) atoms. The number of allylic oxidation sites excluding steroid dienone is 2. The van der Waals surface area contributed by atoms with Crippen molar-refractivity contribution in [3.05, 3.63) is 47.2 Å². The first-order valence-electron chi connectivity index (χ1n) is 13.0. The SMILES string of the molecule is C=[N+]1C=C(C(CC)CC(CC)c2nc(C3CC(C(F)(F)F)C3CC)c3cc(S)c(C)nc3n2)C=CC1=O. The van der Waals surface area contributed by atoms with Gasteiger partial charge in [-0.25, -0.2) is 19.7 Å². The number of nitrogens with zero attached hydrogens (tertiary/aromatic N) is 4. The summed E-state index contributed by atoms with van der Waals surface area (Å²) in [4.78, 5) is 27.0. The van der Waals surface area contributed by atoms with Gasteiger partial charge in [-0.15, -0.1) is 17.2 Å². The van der Waals surface area contributed by atoms with Gasteiger partial charge in [0.2, 0.25) is 0 Å². The van der Waals surface area contributed by atoms with Gasteiger partial charge in [0.1, 0.15) is 12.5 Å². The Labute approximate surface area is 221 Å². The second-order valence-electron chi connectivity index (χ2n) is 10.2. The third kappa shape index (κ3) is 5.38. The third-order valence-electron chi connectivity index (χ3n) is 8.08. The van der Waals surface area contributed by atoms with Gasteiger partial charge in [0.25, 0.3) is 0 Å². The van der Waals surface area contributed by atoms with Crippen LogP contribution in [0.3, 0.4) is 0 Å². The molecule has 1 amide bonds. The molecule has 5 nitrogen and oxygen atoms in total. The molecule has 4 rings (SSSR count). The smallest absolute Gasteiger partial charge is 0.237 e. The molecule has 0 bridgehead atoms. The number of aryl methyl sites for hydroxylation is 1. The molecule has 0 aromatic carbocycles. The van der Waals surface area contributed by atoms with Crippen LogP contribution in [-0.4, -0.2) is 38.3 Å². The fraction of sp³-hybridized carbons (Fsp3) is 0.536. The predicted molar refractivity (Wildman–Crippen MR) is 141 cm³/mol. The lowest BCUT2D eigenvalue weighted by Crippen LogP contribution is -2.44. The van der Waals surface area contributed by atoms with Crippen LogP contribution in [0.4, 0.5) is 13.2 Å². The van der Waals surface area contributed by atoms with Gasteiger partial charge in [-0.1, -0.05) is 27.2 Å². The van der Waals surface area contributed by atoms with Crippen molar-refractivity contribution < 1.29 is 22.5 Å². The highest BCUT2D eigenvalue weighted by Gasteiger charge is 2.55. The molecule has 5 unspecified atom stereocenters. The Bertz CT molecular complexity index is 1290. The number of halogens is 3. The molecule has 0 saturated heterocycles. The minimum absolute atomic E-state index is 0.0188. The van der Waals surface area contributed by atoms with Crippen LogP contribution in [0.5, 0.6) is 0 Å². The topological polar surface area (TPSA) is 58.8 Å². The van der Waals surface area contributed by atoms with Crippen molar-refractivity contribution >= 4 is 36.3 Å². The van der Waals surface area contributed by atoms with Crippen molar-refractivity contribution in [2.75, 3.05) is 0 Å². The first kappa shape index (κ1) is 27.5. The summed E-state index contributed by atoms with van der Waals surface area (Å²) in [6, 6.07) is 1.85. The molecule has 2 aliphatic rings. The third-order valence-corrected chi connectivity index (χ3v) is 8.53. The molecule has 9 heteroatoms. The first-order valence-corrected chi connectivity index (χ1v) is 13.4. The lowest BCUT2D eigenvalue weighted by molar-refractivity contribution is -0.368. The standard InChI is InChI=1S/C28H33F3N4OS/c1-6-16(18-9-10-24(36)35(5)14-18)11-17(7-2)26-33-25(20-12-22(19(20)8-3)28(29,30)31)21-13-23(37)15(4)32-27(21)34-26/h9-10,13-14,16-17,19-20,22H,5-8,11-12H2,1-4H3/p+1. The molecule has 2 aromatic heterocycles. The minimum Gasteiger partial charge on any atom is -0.237 e. The minimum atomic E-state index is -4.21. The maximum absolute atomic E-state index is 13.6. The van der Waals surface area contributed by atoms with Crippen LogP contribution in [0.1, 0.15) is 81.9 Å². The van der Waals surface area contributed by atoms with E-state index in [4.69, 9.17) is 9.97 Å². The summed E-state index contributed by atoms with van der Waals surface area (Å²) in [6.07, 6.45) is 3.74. The van der Waals surface area contributed by atoms with Crippen molar-refractivity contribution in [1.29, 1.82) is 0 Å². The van der Waals surface area contributed by atoms with Crippen molar-refractivity contribution in [2.45, 2.75) is 82.7 Å². The second kappa shape index (κ2) is 10.7. The number of carbonyl (C=O) groups is 1. The second-order valence-corrected chi connectivity index (χ2v) is 10.7. The molecule has 1 aliphatic heterocycles. The largest absolute Gasteiger partial charge is 0.416 e. The zero-order valence-electron chi connectivity index (χ0n) is 21.7. The summed E-state index contributed by atoms with van der Waals surface area (Å²) in [7, 11) is 0. The van der Waals surface area contributed by atoms with Crippen LogP contribution in [0.15, 0.2) is 34.9 Å². The van der Waals surface area contributed by atoms with Crippen LogP contribution in [0.2, 0.25) is 0 Å². The zero-order valence-corrected chi connectivity index (χ0v) is 22.6. The Hall–Kier alpha value is -2.55. The van der Waals surface area contributed by atoms with Gasteiger partial charge >= 0.3 is 12.1 Å². The summed E-state index contributed by atoms with van der Waals surface area (Å²) in [5.41, 5.74) is 2.91. The van der Waals surface area contributed by atoms with E-state index in [1.165, 1.54) is 10.7 Å². The molecule has 1 fully saturated rings. The van der Waals surface area contributed by atoms with Crippen LogP contribution < -0.4 is 0 Å². The molecule has 3 heterocycles. The van der Waals surface area contributed by atoms with Gasteiger partial charge in [0.15, 0.2) is 11.8 Å². The molecule has 198 valence electrons. The van der Waals surface area contributed by atoms with Crippen LogP contribution >= 0.6 is 12.6 Å². The number of rotatable bonds is 8. The van der Waals surface area contributed by atoms with Crippen LogP contribution in [0, 0.1) is 24.7 Å². The molecule has 2 aromatic rings. The highest BCUT2D eigenvalue weighted by atomic mass is 32.1. The van der Waals surface area contributed by atoms with E-state index in [-0.39, 0.29) is 30.1 Å². The fourth-order valence-electron chi connectivity index (χ4n) is 5.73. The van der Waals surface area contributed by atoms with Crippen molar-refractivity contribution in [2.24, 2.45) is 17.8 Å². The van der Waals surface area contributed by atoms with Crippen LogP contribution in [0.25, 0.3) is 11.0 Å². The molecule has 0 spiro atoms. The quantitative estimate of drug-likeness (QED) is 0.297. The van der Waals surface area contributed by atoms with Crippen molar-refractivity contribution in [3.63, 3.8) is 0 Å². The molecule has 5 atom stereocenters. The number of hydrogen-bond acceptors (Lipinski definition) is 5. The molecule has 0 N–H and O–H groups in total. The van der Waals surface area contributed by atoms with E-state index in [0.29, 0.717) is 33.9 Å². The Morgan fingerprint density at radius 3 is 2.43 bits per heavy atom. The fourth-order valence-corrected chi connectivity index (χ4v) is 5.91. The summed E-state index contributed by atoms with van der Waals surface area (Å²) in [5.74, 6) is -1.54. The monoisotopic (exact) mass is 531 g/mol. The van der Waals surface area contributed by atoms with Crippen LogP contribution in [-0.2, 0) is 4.79 Å². The summed E-state index contributed by atoms with van der Waals surface area (Å²) in [5, 5.41) is 0.689. The molecular weight excluding hydrogens is 497 g/mol. The molecular formula is C28H34F3N4OS+. The number of thiol groups is 1. The molecule has 1 saturated carbocycles. The summed E-state index contributed by atoms with van der Waals surface area (Å²) < 4.78 is 42.2. The molecule has 0 radical (unpaired) electrons.